The second-order valence-corrected chi connectivity index (χ2v) is 10.8. The molecule has 3 heterocycles. The van der Waals surface area contributed by atoms with Gasteiger partial charge in [-0.3, -0.25) is 14.5 Å². The molecule has 9 nitrogen and oxygen atoms in total. The van der Waals surface area contributed by atoms with E-state index in [4.69, 9.17) is 4.98 Å². The Bertz CT molecular complexity index is 1690. The molecule has 0 radical (unpaired) electrons. The number of halogens is 2. The molecule has 1 saturated carbocycles. The zero-order valence-corrected chi connectivity index (χ0v) is 21.6. The van der Waals surface area contributed by atoms with Crippen LogP contribution in [0.25, 0.3) is 10.2 Å². The number of aromatic amines is 1. The van der Waals surface area contributed by atoms with Gasteiger partial charge in [0.25, 0.3) is 5.91 Å². The standard InChI is InChI=1S/C27H23F2N7O2S/c1-15-24(37)36(19-4-2-3-16(11-19)13-30)21-14-31-25(32-17-5-6-20-22(12-17)39-26(38)33-20)34-23(21)35(15)18-7-9-27(28,29)10-8-18/h2-6,11-12,14-15,18H,7-10H2,1H3,(H,33,38)(H,31,32,34)/t15-/m1/s1. The molecule has 2 aliphatic rings. The Balaban J connectivity index is 1.43. The lowest BCUT2D eigenvalue weighted by atomic mass is 9.89. The van der Waals surface area contributed by atoms with Gasteiger partial charge in [-0.25, -0.2) is 13.8 Å². The maximum absolute atomic E-state index is 14.0. The van der Waals surface area contributed by atoms with Crippen LogP contribution in [0.2, 0.25) is 0 Å². The fourth-order valence-electron chi connectivity index (χ4n) is 5.31. The molecule has 198 valence electrons. The van der Waals surface area contributed by atoms with Crippen LogP contribution in [0.1, 0.15) is 38.2 Å². The van der Waals surface area contributed by atoms with E-state index < -0.39 is 12.0 Å². The van der Waals surface area contributed by atoms with Crippen molar-refractivity contribution in [1.29, 1.82) is 5.26 Å². The van der Waals surface area contributed by atoms with Crippen molar-refractivity contribution < 1.29 is 13.6 Å². The first-order valence-electron chi connectivity index (χ1n) is 12.5. The molecule has 2 aromatic heterocycles. The molecule has 12 heteroatoms. The van der Waals surface area contributed by atoms with Gasteiger partial charge in [0.2, 0.25) is 11.9 Å². The normalized spacial score (nSPS) is 19.1. The third-order valence-electron chi connectivity index (χ3n) is 7.22. The quantitative estimate of drug-likeness (QED) is 0.349. The molecule has 0 saturated heterocycles. The summed E-state index contributed by atoms with van der Waals surface area (Å²) in [5, 5.41) is 12.6. The van der Waals surface area contributed by atoms with E-state index in [2.05, 4.69) is 21.4 Å². The van der Waals surface area contributed by atoms with Crippen molar-refractivity contribution in [3.05, 3.63) is 63.9 Å². The van der Waals surface area contributed by atoms with E-state index in [0.717, 1.165) is 21.6 Å². The van der Waals surface area contributed by atoms with Crippen LogP contribution in [0.15, 0.2) is 53.5 Å². The third-order valence-corrected chi connectivity index (χ3v) is 8.07. The van der Waals surface area contributed by atoms with Gasteiger partial charge in [-0.05, 0) is 56.2 Å². The molecule has 0 bridgehead atoms. The first-order valence-corrected chi connectivity index (χ1v) is 13.3. The van der Waals surface area contributed by atoms with E-state index in [1.807, 2.05) is 11.0 Å². The van der Waals surface area contributed by atoms with Crippen molar-refractivity contribution in [2.24, 2.45) is 0 Å². The van der Waals surface area contributed by atoms with Crippen LogP contribution in [-0.2, 0) is 4.79 Å². The van der Waals surface area contributed by atoms with Crippen molar-refractivity contribution in [3.8, 4) is 6.07 Å². The molecule has 2 aromatic carbocycles. The molecule has 1 aliphatic carbocycles. The first-order chi connectivity index (χ1) is 18.7. The molecule has 0 spiro atoms. The minimum atomic E-state index is -2.72. The van der Waals surface area contributed by atoms with Crippen LogP contribution in [0.4, 0.5) is 37.6 Å². The molecule has 39 heavy (non-hydrogen) atoms. The van der Waals surface area contributed by atoms with Crippen LogP contribution in [0.5, 0.6) is 0 Å². The number of benzene rings is 2. The average Bonchev–Trinajstić information content (AvgIpc) is 3.29. The van der Waals surface area contributed by atoms with E-state index in [1.165, 1.54) is 11.1 Å². The number of nitriles is 1. The largest absolute Gasteiger partial charge is 0.340 e. The Kier molecular flexibility index (Phi) is 6.03. The second kappa shape index (κ2) is 9.43. The van der Waals surface area contributed by atoms with Crippen LogP contribution in [0.3, 0.4) is 0 Å². The SMILES string of the molecule is C[C@@H]1C(=O)N(c2cccc(C#N)c2)c2cnc(Nc3ccc4[nH]c(=O)sc4c3)nc2N1C1CCC(F)(F)CC1. The Hall–Kier alpha value is -4.37. The highest BCUT2D eigenvalue weighted by Crippen LogP contribution is 2.44. The Morgan fingerprint density at radius 1 is 1.18 bits per heavy atom. The summed E-state index contributed by atoms with van der Waals surface area (Å²) in [5.74, 6) is -2.27. The number of carbonyl (C=O) groups is 1. The van der Waals surface area contributed by atoms with Gasteiger partial charge in [0.15, 0.2) is 5.82 Å². The Morgan fingerprint density at radius 2 is 1.97 bits per heavy atom. The van der Waals surface area contributed by atoms with Crippen molar-refractivity contribution in [2.75, 3.05) is 15.1 Å². The van der Waals surface area contributed by atoms with Crippen molar-refractivity contribution >= 4 is 56.3 Å². The lowest BCUT2D eigenvalue weighted by Gasteiger charge is -2.46. The van der Waals surface area contributed by atoms with Crippen molar-refractivity contribution in [3.63, 3.8) is 0 Å². The lowest BCUT2D eigenvalue weighted by Crippen LogP contribution is -2.56. The molecular weight excluding hydrogens is 524 g/mol. The number of fused-ring (bicyclic) bond motifs is 2. The Morgan fingerprint density at radius 3 is 2.74 bits per heavy atom. The number of thiazole rings is 1. The maximum Gasteiger partial charge on any atom is 0.305 e. The average molecular weight is 548 g/mol. The monoisotopic (exact) mass is 547 g/mol. The van der Waals surface area contributed by atoms with E-state index in [0.29, 0.717) is 28.4 Å². The van der Waals surface area contributed by atoms with Crippen molar-refractivity contribution in [1.82, 2.24) is 15.0 Å². The topological polar surface area (TPSA) is 118 Å². The van der Waals surface area contributed by atoms with E-state index >= 15 is 0 Å². The summed E-state index contributed by atoms with van der Waals surface area (Å²) in [5.41, 5.74) is 2.70. The number of anilines is 5. The molecule has 1 aliphatic heterocycles. The second-order valence-electron chi connectivity index (χ2n) is 9.76. The van der Waals surface area contributed by atoms with Crippen LogP contribution in [-0.4, -0.2) is 38.9 Å². The molecule has 1 atom stereocenters. The number of aromatic nitrogens is 3. The van der Waals surface area contributed by atoms with Crippen molar-refractivity contribution in [2.45, 2.75) is 50.6 Å². The van der Waals surface area contributed by atoms with E-state index in [-0.39, 0.29) is 48.5 Å². The third kappa shape index (κ3) is 4.59. The van der Waals surface area contributed by atoms with Gasteiger partial charge in [0.05, 0.1) is 33.7 Å². The number of hydrogen-bond donors (Lipinski definition) is 2. The van der Waals surface area contributed by atoms with Gasteiger partial charge >= 0.3 is 4.87 Å². The summed E-state index contributed by atoms with van der Waals surface area (Å²) < 4.78 is 28.8. The summed E-state index contributed by atoms with van der Waals surface area (Å²) in [6.45, 7) is 1.75. The van der Waals surface area contributed by atoms with E-state index in [1.54, 1.807) is 43.3 Å². The number of alkyl halides is 2. The summed E-state index contributed by atoms with van der Waals surface area (Å²) in [6, 6.07) is 13.2. The zero-order chi connectivity index (χ0) is 27.3. The molecular formula is C27H23F2N7O2S. The molecule has 4 aromatic rings. The lowest BCUT2D eigenvalue weighted by molar-refractivity contribution is -0.119. The van der Waals surface area contributed by atoms with Gasteiger partial charge < -0.3 is 15.2 Å². The maximum atomic E-state index is 14.0. The predicted octanol–water partition coefficient (Wildman–Crippen LogP) is 5.45. The van der Waals surface area contributed by atoms with Crippen LogP contribution < -0.4 is 20.0 Å². The van der Waals surface area contributed by atoms with Gasteiger partial charge in [0.1, 0.15) is 11.7 Å². The summed E-state index contributed by atoms with van der Waals surface area (Å²) in [6.07, 6.45) is 1.47. The molecule has 1 fully saturated rings. The van der Waals surface area contributed by atoms with E-state index in [9.17, 15) is 23.6 Å². The summed E-state index contributed by atoms with van der Waals surface area (Å²) in [4.78, 5) is 40.6. The smallest absolute Gasteiger partial charge is 0.305 e. The molecule has 0 unspecified atom stereocenters. The summed E-state index contributed by atoms with van der Waals surface area (Å²) >= 11 is 1.09. The van der Waals surface area contributed by atoms with Gasteiger partial charge in [-0.2, -0.15) is 10.2 Å². The number of rotatable bonds is 4. The number of H-pyrrole nitrogens is 1. The number of amides is 1. The highest BCUT2D eigenvalue weighted by atomic mass is 32.1. The number of hydrogen-bond acceptors (Lipinski definition) is 8. The Labute approximate surface area is 225 Å². The zero-order valence-electron chi connectivity index (χ0n) is 20.8. The van der Waals surface area contributed by atoms with Crippen LogP contribution >= 0.6 is 11.3 Å². The predicted molar refractivity (Wildman–Crippen MR) is 145 cm³/mol. The number of nitrogens with one attached hydrogen (secondary N) is 2. The highest BCUT2D eigenvalue weighted by molar-refractivity contribution is 7.16. The minimum Gasteiger partial charge on any atom is -0.340 e. The fourth-order valence-corrected chi connectivity index (χ4v) is 6.08. The fraction of sp³-hybridized carbons (Fsp3) is 0.296. The van der Waals surface area contributed by atoms with Gasteiger partial charge in [-0.1, -0.05) is 17.4 Å². The molecule has 1 amide bonds. The highest BCUT2D eigenvalue weighted by Gasteiger charge is 2.44. The molecule has 2 N–H and O–H groups in total. The number of nitrogens with zero attached hydrogens (tertiary/aromatic N) is 5. The number of carbonyl (C=O) groups excluding carboxylic acids is 1. The van der Waals surface area contributed by atoms with Crippen LogP contribution in [0, 0.1) is 11.3 Å². The van der Waals surface area contributed by atoms with Gasteiger partial charge in [-0.15, -0.1) is 0 Å². The first kappa shape index (κ1) is 24.9. The minimum absolute atomic E-state index is 0.153. The molecule has 6 rings (SSSR count). The summed E-state index contributed by atoms with van der Waals surface area (Å²) in [7, 11) is 0. The van der Waals surface area contributed by atoms with Gasteiger partial charge in [0, 0.05) is 24.6 Å².